The van der Waals surface area contributed by atoms with Crippen molar-refractivity contribution < 1.29 is 0 Å². The normalized spacial score (nSPS) is 23.4. The van der Waals surface area contributed by atoms with E-state index in [0.717, 1.165) is 12.5 Å². The van der Waals surface area contributed by atoms with Crippen LogP contribution in [0.15, 0.2) is 18.2 Å². The van der Waals surface area contributed by atoms with Crippen LogP contribution >= 0.6 is 0 Å². The van der Waals surface area contributed by atoms with Crippen LogP contribution < -0.4 is 10.2 Å². The van der Waals surface area contributed by atoms with E-state index in [1.807, 2.05) is 0 Å². The molecule has 20 heavy (non-hydrogen) atoms. The Labute approximate surface area is 124 Å². The molecule has 1 aliphatic rings. The lowest BCUT2D eigenvalue weighted by Crippen LogP contribution is -2.41. The van der Waals surface area contributed by atoms with Crippen LogP contribution in [-0.2, 0) is 6.54 Å². The molecule has 1 N–H and O–H groups in total. The van der Waals surface area contributed by atoms with Gasteiger partial charge in [0.15, 0.2) is 0 Å². The summed E-state index contributed by atoms with van der Waals surface area (Å²) in [7, 11) is 0. The van der Waals surface area contributed by atoms with Crippen LogP contribution in [0.5, 0.6) is 0 Å². The molecule has 1 saturated heterocycles. The van der Waals surface area contributed by atoms with Gasteiger partial charge in [-0.2, -0.15) is 0 Å². The van der Waals surface area contributed by atoms with Crippen molar-refractivity contribution in [2.75, 3.05) is 11.4 Å². The van der Waals surface area contributed by atoms with Gasteiger partial charge in [0.1, 0.15) is 0 Å². The number of hydrogen-bond donors (Lipinski definition) is 1. The molecule has 0 radical (unpaired) electrons. The van der Waals surface area contributed by atoms with Crippen LogP contribution in [0.25, 0.3) is 0 Å². The zero-order chi connectivity index (χ0) is 14.7. The van der Waals surface area contributed by atoms with E-state index < -0.39 is 0 Å². The van der Waals surface area contributed by atoms with E-state index in [2.05, 4.69) is 63.0 Å². The van der Waals surface area contributed by atoms with Crippen molar-refractivity contribution in [3.8, 4) is 0 Å². The molecule has 2 unspecified atom stereocenters. The largest absolute Gasteiger partial charge is 0.368 e. The predicted molar refractivity (Wildman–Crippen MR) is 88.4 cm³/mol. The van der Waals surface area contributed by atoms with E-state index in [0.29, 0.717) is 12.1 Å². The van der Waals surface area contributed by atoms with E-state index in [1.54, 1.807) is 0 Å². The van der Waals surface area contributed by atoms with Crippen molar-refractivity contribution in [1.82, 2.24) is 5.32 Å². The van der Waals surface area contributed by atoms with Gasteiger partial charge in [-0.05, 0) is 44.2 Å². The molecular formula is C18H30N2. The van der Waals surface area contributed by atoms with Crippen molar-refractivity contribution in [3.05, 3.63) is 29.3 Å². The number of nitrogens with one attached hydrogen (secondary N) is 1. The molecule has 1 aliphatic heterocycles. The minimum Gasteiger partial charge on any atom is -0.368 e. The van der Waals surface area contributed by atoms with Crippen LogP contribution in [0.3, 0.4) is 0 Å². The number of hydrogen-bond acceptors (Lipinski definition) is 2. The second-order valence-electron chi connectivity index (χ2n) is 6.85. The molecule has 2 nitrogen and oxygen atoms in total. The average molecular weight is 274 g/mol. The molecule has 2 heteroatoms. The fourth-order valence-electron chi connectivity index (χ4n) is 3.07. The molecule has 112 valence electrons. The highest BCUT2D eigenvalue weighted by Gasteiger charge is 2.24. The summed E-state index contributed by atoms with van der Waals surface area (Å²) in [6, 6.07) is 8.10. The quantitative estimate of drug-likeness (QED) is 0.888. The molecule has 2 rings (SSSR count). The molecule has 0 amide bonds. The summed E-state index contributed by atoms with van der Waals surface area (Å²) in [4.78, 5) is 2.62. The minimum atomic E-state index is 0.529. The maximum Gasteiger partial charge on any atom is 0.0414 e. The first-order valence-corrected chi connectivity index (χ1v) is 8.07. The first-order valence-electron chi connectivity index (χ1n) is 8.07. The highest BCUT2D eigenvalue weighted by Crippen LogP contribution is 2.30. The first kappa shape index (κ1) is 15.4. The van der Waals surface area contributed by atoms with Crippen molar-refractivity contribution in [2.45, 2.75) is 66.1 Å². The second kappa shape index (κ2) is 6.62. The molecule has 2 atom stereocenters. The van der Waals surface area contributed by atoms with E-state index in [1.165, 1.54) is 36.2 Å². The summed E-state index contributed by atoms with van der Waals surface area (Å²) in [5.74, 6) is 0.804. The van der Waals surface area contributed by atoms with Gasteiger partial charge in [-0.3, -0.25) is 0 Å². The Morgan fingerprint density at radius 1 is 1.25 bits per heavy atom. The fraction of sp³-hybridized carbons (Fsp3) is 0.667. The van der Waals surface area contributed by atoms with Crippen molar-refractivity contribution in [1.29, 1.82) is 0 Å². The van der Waals surface area contributed by atoms with Gasteiger partial charge >= 0.3 is 0 Å². The topological polar surface area (TPSA) is 15.3 Å². The smallest absolute Gasteiger partial charge is 0.0414 e. The number of anilines is 1. The number of nitrogens with zero attached hydrogens (tertiary/aromatic N) is 1. The number of aryl methyl sites for hydroxylation is 1. The maximum absolute atomic E-state index is 3.57. The zero-order valence-electron chi connectivity index (χ0n) is 13.7. The Morgan fingerprint density at radius 3 is 2.70 bits per heavy atom. The third-order valence-corrected chi connectivity index (χ3v) is 4.36. The van der Waals surface area contributed by atoms with Crippen LogP contribution in [0, 0.1) is 12.8 Å². The number of piperidine rings is 1. The van der Waals surface area contributed by atoms with Crippen molar-refractivity contribution in [2.24, 2.45) is 5.92 Å². The van der Waals surface area contributed by atoms with Crippen molar-refractivity contribution >= 4 is 5.69 Å². The summed E-state index contributed by atoms with van der Waals surface area (Å²) < 4.78 is 0. The van der Waals surface area contributed by atoms with Crippen LogP contribution in [-0.4, -0.2) is 18.6 Å². The lowest BCUT2D eigenvalue weighted by Gasteiger charge is -2.40. The molecule has 1 aromatic rings. The first-order chi connectivity index (χ1) is 9.47. The van der Waals surface area contributed by atoms with E-state index in [4.69, 9.17) is 0 Å². The van der Waals surface area contributed by atoms with Gasteiger partial charge in [0.2, 0.25) is 0 Å². The van der Waals surface area contributed by atoms with Gasteiger partial charge in [0.05, 0.1) is 0 Å². The lowest BCUT2D eigenvalue weighted by atomic mass is 9.93. The molecule has 1 aromatic carbocycles. The van der Waals surface area contributed by atoms with Gasteiger partial charge < -0.3 is 10.2 Å². The summed E-state index contributed by atoms with van der Waals surface area (Å²) in [5.41, 5.74) is 4.23. The predicted octanol–water partition coefficient (Wildman–Crippen LogP) is 4.12. The molecule has 0 bridgehead atoms. The average Bonchev–Trinajstić information content (AvgIpc) is 2.39. The van der Waals surface area contributed by atoms with E-state index >= 15 is 0 Å². The van der Waals surface area contributed by atoms with Gasteiger partial charge in [0, 0.05) is 30.9 Å². The fourth-order valence-corrected chi connectivity index (χ4v) is 3.07. The third-order valence-electron chi connectivity index (χ3n) is 4.36. The molecule has 0 aliphatic carbocycles. The summed E-state index contributed by atoms with van der Waals surface area (Å²) >= 11 is 0. The van der Waals surface area contributed by atoms with Gasteiger partial charge in [-0.15, -0.1) is 0 Å². The molecule has 0 saturated carbocycles. The Kier molecular flexibility index (Phi) is 5.09. The van der Waals surface area contributed by atoms with E-state index in [9.17, 15) is 0 Å². The highest BCUT2D eigenvalue weighted by atomic mass is 15.2. The highest BCUT2D eigenvalue weighted by molar-refractivity contribution is 5.56. The van der Waals surface area contributed by atoms with Crippen molar-refractivity contribution in [3.63, 3.8) is 0 Å². The Morgan fingerprint density at radius 2 is 2.00 bits per heavy atom. The second-order valence-corrected chi connectivity index (χ2v) is 6.85. The van der Waals surface area contributed by atoms with Crippen LogP contribution in [0.2, 0.25) is 0 Å². The standard InChI is InChI=1S/C18H30N2/c1-13(2)19-11-17-10-14(3)7-9-18(17)20-12-15(4)6-8-16(20)5/h7,9-10,13,15-16,19H,6,8,11-12H2,1-5H3. The molecule has 0 spiro atoms. The molecule has 1 heterocycles. The van der Waals surface area contributed by atoms with Gasteiger partial charge in [-0.1, -0.05) is 38.5 Å². The summed E-state index contributed by atoms with van der Waals surface area (Å²) in [6.45, 7) is 13.5. The van der Waals surface area contributed by atoms with Gasteiger partial charge in [0.25, 0.3) is 0 Å². The Bertz CT molecular complexity index is 439. The van der Waals surface area contributed by atoms with Gasteiger partial charge in [-0.25, -0.2) is 0 Å². The molecule has 0 aromatic heterocycles. The van der Waals surface area contributed by atoms with E-state index in [-0.39, 0.29) is 0 Å². The number of benzene rings is 1. The Hall–Kier alpha value is -1.02. The lowest BCUT2D eigenvalue weighted by molar-refractivity contribution is 0.389. The summed E-state index contributed by atoms with van der Waals surface area (Å²) in [6.07, 6.45) is 2.68. The SMILES string of the molecule is Cc1ccc(N2CC(C)CCC2C)c(CNC(C)C)c1. The Balaban J connectivity index is 2.24. The van der Waals surface area contributed by atoms with Crippen LogP contribution in [0.1, 0.15) is 51.7 Å². The monoisotopic (exact) mass is 274 g/mol. The third kappa shape index (κ3) is 3.76. The maximum atomic E-state index is 3.57. The zero-order valence-corrected chi connectivity index (χ0v) is 13.7. The molecule has 1 fully saturated rings. The minimum absolute atomic E-state index is 0.529. The molecular weight excluding hydrogens is 244 g/mol. The number of rotatable bonds is 4. The summed E-state index contributed by atoms with van der Waals surface area (Å²) in [5, 5.41) is 3.57. The van der Waals surface area contributed by atoms with Crippen LogP contribution in [0.4, 0.5) is 5.69 Å².